The van der Waals surface area contributed by atoms with Crippen molar-refractivity contribution in [1.29, 1.82) is 0 Å². The van der Waals surface area contributed by atoms with Gasteiger partial charge in [-0.05, 0) is 5.56 Å². The van der Waals surface area contributed by atoms with Gasteiger partial charge in [0.25, 0.3) is 0 Å². The summed E-state index contributed by atoms with van der Waals surface area (Å²) in [4.78, 5) is 13.6. The lowest BCUT2D eigenvalue weighted by Gasteiger charge is -2.36. The second kappa shape index (κ2) is 8.34. The Labute approximate surface area is 138 Å². The fourth-order valence-corrected chi connectivity index (χ4v) is 2.60. The lowest BCUT2D eigenvalue weighted by Crippen LogP contribution is -2.53. The molecule has 24 heavy (non-hydrogen) atoms. The zero-order valence-corrected chi connectivity index (χ0v) is 13.1. The van der Waals surface area contributed by atoms with Crippen molar-refractivity contribution < 1.29 is 27.8 Å². The van der Waals surface area contributed by atoms with Crippen LogP contribution in [0, 0.1) is 0 Å². The first-order valence-corrected chi connectivity index (χ1v) is 7.79. The molecule has 1 heterocycles. The predicted molar refractivity (Wildman–Crippen MR) is 81.4 cm³/mol. The highest BCUT2D eigenvalue weighted by Gasteiger charge is 2.31. The number of alkyl halides is 3. The van der Waals surface area contributed by atoms with E-state index < -0.39 is 31.3 Å². The third kappa shape index (κ3) is 5.68. The minimum atomic E-state index is -4.30. The molecule has 0 saturated carbocycles. The first kappa shape index (κ1) is 18.5. The lowest BCUT2D eigenvalue weighted by molar-refractivity contribution is -0.133. The Kier molecular flexibility index (Phi) is 6.44. The van der Waals surface area contributed by atoms with Crippen molar-refractivity contribution in [3.63, 3.8) is 0 Å². The number of carbonyl (C=O) groups excluding carboxylic acids is 1. The van der Waals surface area contributed by atoms with Crippen molar-refractivity contribution in [2.75, 3.05) is 26.3 Å². The van der Waals surface area contributed by atoms with E-state index in [-0.39, 0.29) is 25.6 Å². The van der Waals surface area contributed by atoms with E-state index in [1.54, 1.807) is 24.3 Å². The molecule has 1 saturated heterocycles. The molecule has 0 radical (unpaired) electrons. The molecule has 0 aliphatic carbocycles. The maximum Gasteiger partial charge on any atom is 0.390 e. The zero-order valence-electron chi connectivity index (χ0n) is 13.1. The Morgan fingerprint density at radius 2 is 2.08 bits per heavy atom. The summed E-state index contributed by atoms with van der Waals surface area (Å²) in [5, 5.41) is 12.6. The van der Waals surface area contributed by atoms with Crippen molar-refractivity contribution >= 4 is 6.03 Å². The van der Waals surface area contributed by atoms with Gasteiger partial charge in [0.1, 0.15) is 0 Å². The second-order valence-corrected chi connectivity index (χ2v) is 5.68. The Bertz CT molecular complexity index is 525. The summed E-state index contributed by atoms with van der Waals surface area (Å²) >= 11 is 0. The fraction of sp³-hybridized carbons (Fsp3) is 0.562. The number of benzene rings is 1. The van der Waals surface area contributed by atoms with E-state index in [2.05, 4.69) is 5.32 Å². The highest BCUT2D eigenvalue weighted by atomic mass is 19.4. The van der Waals surface area contributed by atoms with Gasteiger partial charge in [0.15, 0.2) is 0 Å². The largest absolute Gasteiger partial charge is 0.390 e. The summed E-state index contributed by atoms with van der Waals surface area (Å²) in [6, 6.07) is 8.05. The van der Waals surface area contributed by atoms with E-state index >= 15 is 0 Å². The molecule has 5 nitrogen and oxygen atoms in total. The summed E-state index contributed by atoms with van der Waals surface area (Å²) in [6.45, 7) is 0.388. The van der Waals surface area contributed by atoms with E-state index in [0.717, 1.165) is 5.56 Å². The van der Waals surface area contributed by atoms with Crippen LogP contribution in [0.5, 0.6) is 0 Å². The molecule has 0 spiro atoms. The number of morpholine rings is 1. The number of carbonyl (C=O) groups is 1. The number of nitrogens with one attached hydrogen (secondary N) is 1. The summed E-state index contributed by atoms with van der Waals surface area (Å²) in [7, 11) is 0. The standard InChI is InChI=1S/C16H21F3N2O3/c17-16(18,19)6-7-20-15(23)21-8-9-24-11-13(21)10-14(22)12-4-2-1-3-5-12/h1-5,13-14,22H,6-11H2,(H,20,23). The molecule has 0 bridgehead atoms. The predicted octanol–water partition coefficient (Wildman–Crippen LogP) is 2.47. The number of hydrogen-bond donors (Lipinski definition) is 2. The molecule has 2 rings (SSSR count). The van der Waals surface area contributed by atoms with Crippen LogP contribution in [0.4, 0.5) is 18.0 Å². The average Bonchev–Trinajstić information content (AvgIpc) is 2.55. The molecule has 1 aliphatic heterocycles. The van der Waals surface area contributed by atoms with Crippen LogP contribution in [0.15, 0.2) is 30.3 Å². The Balaban J connectivity index is 1.91. The van der Waals surface area contributed by atoms with Crippen molar-refractivity contribution in [3.8, 4) is 0 Å². The first-order valence-electron chi connectivity index (χ1n) is 7.79. The Morgan fingerprint density at radius 1 is 1.38 bits per heavy atom. The number of hydrogen-bond acceptors (Lipinski definition) is 3. The Hall–Kier alpha value is -1.80. The molecular formula is C16H21F3N2O3. The molecule has 1 aromatic carbocycles. The topological polar surface area (TPSA) is 61.8 Å². The summed E-state index contributed by atoms with van der Waals surface area (Å²) in [5.41, 5.74) is 0.723. The normalized spacial score (nSPS) is 19.8. The minimum absolute atomic E-state index is 0.247. The van der Waals surface area contributed by atoms with Gasteiger partial charge >= 0.3 is 12.2 Å². The highest BCUT2D eigenvalue weighted by molar-refractivity contribution is 5.74. The number of aliphatic hydroxyl groups is 1. The van der Waals surface area contributed by atoms with Gasteiger partial charge in [0, 0.05) is 19.5 Å². The zero-order chi connectivity index (χ0) is 17.6. The number of rotatable bonds is 5. The van der Waals surface area contributed by atoms with Crippen LogP contribution >= 0.6 is 0 Å². The molecule has 1 aromatic rings. The van der Waals surface area contributed by atoms with Crippen LogP contribution in [-0.4, -0.2) is 54.6 Å². The van der Waals surface area contributed by atoms with E-state index in [4.69, 9.17) is 4.74 Å². The van der Waals surface area contributed by atoms with E-state index in [0.29, 0.717) is 6.61 Å². The van der Waals surface area contributed by atoms with Crippen LogP contribution in [-0.2, 0) is 4.74 Å². The minimum Gasteiger partial charge on any atom is -0.388 e. The lowest BCUT2D eigenvalue weighted by atomic mass is 10.0. The number of nitrogens with zero attached hydrogens (tertiary/aromatic N) is 1. The van der Waals surface area contributed by atoms with Crippen LogP contribution in [0.2, 0.25) is 0 Å². The first-order chi connectivity index (χ1) is 11.4. The molecule has 134 valence electrons. The molecule has 0 aromatic heterocycles. The van der Waals surface area contributed by atoms with Gasteiger partial charge in [-0.15, -0.1) is 0 Å². The number of urea groups is 1. The molecule has 1 aliphatic rings. The smallest absolute Gasteiger partial charge is 0.388 e. The number of halogens is 3. The second-order valence-electron chi connectivity index (χ2n) is 5.68. The van der Waals surface area contributed by atoms with E-state index in [9.17, 15) is 23.1 Å². The molecule has 2 unspecified atom stereocenters. The maximum atomic E-state index is 12.2. The molecule has 1 fully saturated rings. The van der Waals surface area contributed by atoms with Gasteiger partial charge < -0.3 is 20.1 Å². The highest BCUT2D eigenvalue weighted by Crippen LogP contribution is 2.23. The molecule has 2 N–H and O–H groups in total. The van der Waals surface area contributed by atoms with Gasteiger partial charge in [-0.3, -0.25) is 0 Å². The van der Waals surface area contributed by atoms with E-state index in [1.165, 1.54) is 4.90 Å². The van der Waals surface area contributed by atoms with Crippen molar-refractivity contribution in [3.05, 3.63) is 35.9 Å². The van der Waals surface area contributed by atoms with Gasteiger partial charge in [-0.25, -0.2) is 4.79 Å². The monoisotopic (exact) mass is 346 g/mol. The number of aliphatic hydroxyl groups excluding tert-OH is 1. The van der Waals surface area contributed by atoms with Crippen molar-refractivity contribution in [2.24, 2.45) is 0 Å². The summed E-state index contributed by atoms with van der Waals surface area (Å²) < 4.78 is 41.8. The Morgan fingerprint density at radius 3 is 2.75 bits per heavy atom. The van der Waals surface area contributed by atoms with Gasteiger partial charge in [-0.2, -0.15) is 13.2 Å². The maximum absolute atomic E-state index is 12.2. The summed E-state index contributed by atoms with van der Waals surface area (Å²) in [5.74, 6) is 0. The van der Waals surface area contributed by atoms with E-state index in [1.807, 2.05) is 6.07 Å². The fourth-order valence-electron chi connectivity index (χ4n) is 2.60. The SMILES string of the molecule is O=C(NCCC(F)(F)F)N1CCOCC1CC(O)c1ccccc1. The van der Waals surface area contributed by atoms with Crippen LogP contribution in [0.1, 0.15) is 24.5 Å². The molecule has 2 atom stereocenters. The molecule has 8 heteroatoms. The average molecular weight is 346 g/mol. The summed E-state index contributed by atoms with van der Waals surface area (Å²) in [6.07, 6.45) is -5.89. The number of ether oxygens (including phenoxy) is 1. The number of amides is 2. The van der Waals surface area contributed by atoms with Gasteiger partial charge in [0.2, 0.25) is 0 Å². The van der Waals surface area contributed by atoms with Crippen LogP contribution < -0.4 is 5.32 Å². The van der Waals surface area contributed by atoms with Gasteiger partial charge in [-0.1, -0.05) is 30.3 Å². The van der Waals surface area contributed by atoms with Crippen molar-refractivity contribution in [2.45, 2.75) is 31.2 Å². The molecule has 2 amide bonds. The third-order valence-electron chi connectivity index (χ3n) is 3.85. The van der Waals surface area contributed by atoms with Crippen LogP contribution in [0.25, 0.3) is 0 Å². The third-order valence-corrected chi connectivity index (χ3v) is 3.85. The molecular weight excluding hydrogens is 325 g/mol. The van der Waals surface area contributed by atoms with Gasteiger partial charge in [0.05, 0.1) is 31.8 Å². The quantitative estimate of drug-likeness (QED) is 0.861. The van der Waals surface area contributed by atoms with Crippen LogP contribution in [0.3, 0.4) is 0 Å². The van der Waals surface area contributed by atoms with Crippen molar-refractivity contribution in [1.82, 2.24) is 10.2 Å².